The quantitative estimate of drug-likeness (QED) is 0.240. The van der Waals surface area contributed by atoms with E-state index in [2.05, 4.69) is 42.6 Å². The Labute approximate surface area is 175 Å². The Kier molecular flexibility index (Phi) is 6.28. The largest absolute Gasteiger partial charge is 0.504 e. The summed E-state index contributed by atoms with van der Waals surface area (Å²) in [6.45, 7) is 4.50. The zero-order valence-corrected chi connectivity index (χ0v) is 17.7. The number of hydrogen-bond acceptors (Lipinski definition) is 8. The van der Waals surface area contributed by atoms with Crippen LogP contribution in [0.2, 0.25) is 0 Å². The van der Waals surface area contributed by atoms with Crippen molar-refractivity contribution in [1.82, 2.24) is 4.90 Å². The van der Waals surface area contributed by atoms with Crippen molar-refractivity contribution in [1.29, 1.82) is 0 Å². The molecule has 8 nitrogen and oxygen atoms in total. The molecule has 2 unspecified atom stereocenters. The summed E-state index contributed by atoms with van der Waals surface area (Å²) >= 11 is 2.08. The molecule has 0 amide bonds. The molecule has 1 aromatic carbocycles. The lowest BCUT2D eigenvalue weighted by Gasteiger charge is -2.25. The molecule has 2 aliphatic heterocycles. The number of rotatable bonds is 6. The molecule has 2 heterocycles. The number of halogens is 2. The minimum atomic E-state index is -0.854. The van der Waals surface area contributed by atoms with Gasteiger partial charge in [-0.1, -0.05) is 0 Å². The molecule has 2 atom stereocenters. The van der Waals surface area contributed by atoms with Crippen molar-refractivity contribution in [3.05, 3.63) is 21.3 Å². The second kappa shape index (κ2) is 8.52. The van der Waals surface area contributed by atoms with Gasteiger partial charge in [0.2, 0.25) is 0 Å². The minimum absolute atomic E-state index is 0.182. The molecule has 4 N–H and O–H groups in total. The Morgan fingerprint density at radius 3 is 2.75 bits per heavy atom. The van der Waals surface area contributed by atoms with Crippen LogP contribution < -0.4 is 5.73 Å². The molecule has 0 saturated carbocycles. The van der Waals surface area contributed by atoms with E-state index in [0.29, 0.717) is 31.1 Å². The first-order valence-electron chi connectivity index (χ1n) is 8.90. The van der Waals surface area contributed by atoms with Gasteiger partial charge in [0.1, 0.15) is 23.9 Å². The molecule has 0 aliphatic carbocycles. The van der Waals surface area contributed by atoms with Gasteiger partial charge in [0, 0.05) is 35.2 Å². The first-order valence-corrected chi connectivity index (χ1v) is 9.97. The molecule has 10 heteroatoms. The second-order valence-electron chi connectivity index (χ2n) is 6.82. The standard InChI is InChI=1S/C18H22FIN6O2/c1-9(2)22-4-3-5-26-14(7-10-6-12(27)13(28)8-11(10)20)23-15-16(21)24-18(19)25-17(15)26/h4,6,8-9,15-16,27-28H,3,5,7,21H2,1-2H3. The maximum Gasteiger partial charge on any atom is 0.307 e. The zero-order chi connectivity index (χ0) is 20.4. The van der Waals surface area contributed by atoms with Crippen LogP contribution in [0.5, 0.6) is 11.5 Å². The smallest absolute Gasteiger partial charge is 0.307 e. The summed E-state index contributed by atoms with van der Waals surface area (Å²) in [6.07, 6.45) is 1.16. The molecule has 0 spiro atoms. The van der Waals surface area contributed by atoms with Crippen LogP contribution in [0.15, 0.2) is 32.1 Å². The van der Waals surface area contributed by atoms with Crippen molar-refractivity contribution in [2.75, 3.05) is 6.54 Å². The van der Waals surface area contributed by atoms with Gasteiger partial charge in [-0.05, 0) is 54.1 Å². The lowest BCUT2D eigenvalue weighted by Crippen LogP contribution is -2.45. The highest BCUT2D eigenvalue weighted by molar-refractivity contribution is 14.1. The molecule has 0 bridgehead atoms. The summed E-state index contributed by atoms with van der Waals surface area (Å²) in [5.74, 6) is 0.709. The van der Waals surface area contributed by atoms with Gasteiger partial charge in [0.15, 0.2) is 11.5 Å². The van der Waals surface area contributed by atoms with Crippen molar-refractivity contribution in [2.45, 2.75) is 44.9 Å². The maximum absolute atomic E-state index is 13.8. The Hall–Kier alpha value is -2.08. The summed E-state index contributed by atoms with van der Waals surface area (Å²) in [5, 5.41) is 19.5. The van der Waals surface area contributed by atoms with E-state index in [1.54, 1.807) is 0 Å². The Morgan fingerprint density at radius 1 is 1.32 bits per heavy atom. The molecular weight excluding hydrogens is 478 g/mol. The van der Waals surface area contributed by atoms with Gasteiger partial charge in [-0.2, -0.15) is 9.38 Å². The van der Waals surface area contributed by atoms with Crippen molar-refractivity contribution in [2.24, 2.45) is 25.7 Å². The maximum atomic E-state index is 13.8. The Morgan fingerprint density at radius 2 is 2.04 bits per heavy atom. The number of aliphatic imine (C=N–C) groups is 4. The van der Waals surface area contributed by atoms with Crippen molar-refractivity contribution in [3.8, 4) is 11.5 Å². The van der Waals surface area contributed by atoms with E-state index in [4.69, 9.17) is 5.73 Å². The molecule has 3 rings (SSSR count). The van der Waals surface area contributed by atoms with E-state index in [9.17, 15) is 14.6 Å². The zero-order valence-electron chi connectivity index (χ0n) is 15.5. The molecule has 0 radical (unpaired) electrons. The first kappa shape index (κ1) is 20.6. The van der Waals surface area contributed by atoms with Crippen LogP contribution in [0, 0.1) is 3.57 Å². The first-order chi connectivity index (χ1) is 13.3. The second-order valence-corrected chi connectivity index (χ2v) is 7.99. The van der Waals surface area contributed by atoms with Crippen molar-refractivity contribution < 1.29 is 14.6 Å². The number of phenols is 2. The van der Waals surface area contributed by atoms with Crippen molar-refractivity contribution >= 4 is 46.6 Å². The third-order valence-electron chi connectivity index (χ3n) is 4.30. The fourth-order valence-corrected chi connectivity index (χ4v) is 3.65. The topological polar surface area (TPSA) is 119 Å². The average molecular weight is 500 g/mol. The van der Waals surface area contributed by atoms with Crippen LogP contribution in [0.25, 0.3) is 0 Å². The van der Waals surface area contributed by atoms with Crippen LogP contribution in [0.4, 0.5) is 4.39 Å². The summed E-state index contributed by atoms with van der Waals surface area (Å²) in [5.41, 5.74) is 6.74. The number of aromatic hydroxyl groups is 2. The number of hydrogen-bond donors (Lipinski definition) is 3. The number of nitrogens with two attached hydrogens (primary N) is 1. The Balaban J connectivity index is 1.88. The molecular formula is C18H22FIN6O2. The van der Waals surface area contributed by atoms with Gasteiger partial charge in [-0.3, -0.25) is 9.98 Å². The van der Waals surface area contributed by atoms with Gasteiger partial charge in [0.25, 0.3) is 0 Å². The fraction of sp³-hybridized carbons (Fsp3) is 0.444. The molecule has 2 aliphatic rings. The van der Waals surface area contributed by atoms with Crippen LogP contribution in [-0.4, -0.2) is 63.9 Å². The van der Waals surface area contributed by atoms with Gasteiger partial charge < -0.3 is 20.8 Å². The van der Waals surface area contributed by atoms with E-state index >= 15 is 0 Å². The number of amidine groups is 3. The van der Waals surface area contributed by atoms with Crippen molar-refractivity contribution in [3.63, 3.8) is 0 Å². The monoisotopic (exact) mass is 500 g/mol. The lowest BCUT2D eigenvalue weighted by molar-refractivity contribution is 0.403. The summed E-state index contributed by atoms with van der Waals surface area (Å²) in [7, 11) is 0. The predicted octanol–water partition coefficient (Wildman–Crippen LogP) is 2.22. The average Bonchev–Trinajstić information content (AvgIpc) is 2.94. The molecule has 0 saturated heterocycles. The molecule has 1 aromatic rings. The highest BCUT2D eigenvalue weighted by Crippen LogP contribution is 2.31. The van der Waals surface area contributed by atoms with E-state index in [-0.39, 0.29) is 17.5 Å². The van der Waals surface area contributed by atoms with Gasteiger partial charge in [-0.15, -0.1) is 0 Å². The SMILES string of the molecule is CC(C)N=CCCN1C(Cc2cc(O)c(O)cc2I)=NC2C1=NC(F)=NC2N. The molecule has 150 valence electrons. The molecule has 0 fully saturated rings. The number of nitrogens with zero attached hydrogens (tertiary/aromatic N) is 5. The van der Waals surface area contributed by atoms with E-state index < -0.39 is 18.3 Å². The highest BCUT2D eigenvalue weighted by Gasteiger charge is 2.39. The van der Waals surface area contributed by atoms with Crippen LogP contribution in [0.3, 0.4) is 0 Å². The van der Waals surface area contributed by atoms with E-state index in [0.717, 1.165) is 9.13 Å². The van der Waals surface area contributed by atoms with E-state index in [1.807, 2.05) is 25.0 Å². The normalized spacial score (nSPS) is 21.8. The van der Waals surface area contributed by atoms with Crippen LogP contribution in [-0.2, 0) is 6.42 Å². The van der Waals surface area contributed by atoms with Crippen LogP contribution >= 0.6 is 22.6 Å². The van der Waals surface area contributed by atoms with Gasteiger partial charge in [-0.25, -0.2) is 4.99 Å². The highest BCUT2D eigenvalue weighted by atomic mass is 127. The summed E-state index contributed by atoms with van der Waals surface area (Å²) < 4.78 is 14.5. The van der Waals surface area contributed by atoms with E-state index in [1.165, 1.54) is 12.1 Å². The summed E-state index contributed by atoms with van der Waals surface area (Å²) in [6, 6.07) is 2.64. The van der Waals surface area contributed by atoms with Gasteiger partial charge >= 0.3 is 6.09 Å². The predicted molar refractivity (Wildman–Crippen MR) is 116 cm³/mol. The summed E-state index contributed by atoms with van der Waals surface area (Å²) in [4.78, 5) is 18.4. The minimum Gasteiger partial charge on any atom is -0.504 e. The lowest BCUT2D eigenvalue weighted by atomic mass is 10.1. The van der Waals surface area contributed by atoms with Crippen LogP contribution in [0.1, 0.15) is 25.8 Å². The number of fused-ring (bicyclic) bond motifs is 1. The molecule has 28 heavy (non-hydrogen) atoms. The number of benzene rings is 1. The third-order valence-corrected chi connectivity index (χ3v) is 5.31. The van der Waals surface area contributed by atoms with Gasteiger partial charge in [0.05, 0.1) is 0 Å². The molecule has 0 aromatic heterocycles. The Bertz CT molecular complexity index is 883. The number of phenolic OH excluding ortho intramolecular Hbond substituents is 2. The third kappa shape index (κ3) is 4.49. The fourth-order valence-electron chi connectivity index (χ4n) is 3.01.